The van der Waals surface area contributed by atoms with Gasteiger partial charge < -0.3 is 19.7 Å². The molecule has 0 spiro atoms. The summed E-state index contributed by atoms with van der Waals surface area (Å²) in [6.45, 7) is 1.76. The summed E-state index contributed by atoms with van der Waals surface area (Å²) < 4.78 is 10.4. The molecule has 0 bridgehead atoms. The van der Waals surface area contributed by atoms with E-state index < -0.39 is 0 Å². The van der Waals surface area contributed by atoms with Crippen molar-refractivity contribution in [3.63, 3.8) is 0 Å². The zero-order valence-electron chi connectivity index (χ0n) is 20.5. The van der Waals surface area contributed by atoms with Crippen LogP contribution in [-0.2, 0) is 16.3 Å². The van der Waals surface area contributed by atoms with E-state index in [1.54, 1.807) is 26.0 Å². The lowest BCUT2D eigenvalue weighted by atomic mass is 10.2. The Hall–Kier alpha value is -2.22. The third kappa shape index (κ3) is 12.9. The van der Waals surface area contributed by atoms with E-state index in [2.05, 4.69) is 29.6 Å². The third-order valence-electron chi connectivity index (χ3n) is 4.93. The first-order valence-corrected chi connectivity index (χ1v) is 14.3. The van der Waals surface area contributed by atoms with Crippen molar-refractivity contribution in [1.29, 1.82) is 0 Å². The minimum Gasteiger partial charge on any atom is -0.497 e. The van der Waals surface area contributed by atoms with E-state index in [4.69, 9.17) is 21.1 Å². The molecule has 0 fully saturated rings. The van der Waals surface area contributed by atoms with Crippen LogP contribution in [0.25, 0.3) is 0 Å². The molecular formula is C27H35ClN2O3S2. The Balaban J connectivity index is 1.69. The molecule has 0 unspecified atom stereocenters. The minimum atomic E-state index is 0.0289. The minimum absolute atomic E-state index is 0.0289. The summed E-state index contributed by atoms with van der Waals surface area (Å²) in [6, 6.07) is 16.2. The molecule has 190 valence electrons. The second kappa shape index (κ2) is 18.1. The van der Waals surface area contributed by atoms with Crippen molar-refractivity contribution in [2.24, 2.45) is 0 Å². The molecule has 2 rings (SSSR count). The predicted octanol–water partition coefficient (Wildman–Crippen LogP) is 5.60. The molecule has 5 nitrogen and oxygen atoms in total. The van der Waals surface area contributed by atoms with Crippen LogP contribution in [0.5, 0.6) is 11.5 Å². The first-order chi connectivity index (χ1) is 17.1. The standard InChI is InChI=1S/C27H35ClN2O3S2/c1-32-25-10-6-23(7-11-25)21-34-18-15-29-27(31)20-30(16-5-3-4-14-28)17-19-35-22-24-8-12-26(33-2)13-9-24/h3-13,16H,14-15,17-22H2,1-2H3,(H,29,31)/b4-3+,16-5+. The van der Waals surface area contributed by atoms with E-state index in [0.717, 1.165) is 41.1 Å². The molecule has 0 saturated heterocycles. The number of hydrogen-bond donors (Lipinski definition) is 1. The molecule has 0 aliphatic rings. The van der Waals surface area contributed by atoms with Crippen molar-refractivity contribution in [2.45, 2.75) is 11.5 Å². The SMILES string of the molecule is COc1ccc(CSCCNC(=O)CN(/C=C/C=C/CCl)CCSCc2ccc(OC)cc2)cc1. The van der Waals surface area contributed by atoms with E-state index in [0.29, 0.717) is 19.0 Å². The van der Waals surface area contributed by atoms with Gasteiger partial charge in [-0.1, -0.05) is 36.4 Å². The number of benzene rings is 2. The topological polar surface area (TPSA) is 50.8 Å². The molecule has 0 radical (unpaired) electrons. The van der Waals surface area contributed by atoms with Gasteiger partial charge in [0.2, 0.25) is 5.91 Å². The Labute approximate surface area is 223 Å². The number of allylic oxidation sites excluding steroid dienone is 3. The van der Waals surface area contributed by atoms with Crippen LogP contribution in [0.3, 0.4) is 0 Å². The normalized spacial score (nSPS) is 11.2. The monoisotopic (exact) mass is 534 g/mol. The molecule has 0 aliphatic heterocycles. The molecule has 35 heavy (non-hydrogen) atoms. The van der Waals surface area contributed by atoms with Crippen molar-refractivity contribution in [2.75, 3.05) is 51.2 Å². The number of carbonyl (C=O) groups is 1. The average molecular weight is 535 g/mol. The fourth-order valence-corrected chi connectivity index (χ4v) is 4.87. The lowest BCUT2D eigenvalue weighted by Gasteiger charge is -2.19. The predicted molar refractivity (Wildman–Crippen MR) is 152 cm³/mol. The number of rotatable bonds is 17. The van der Waals surface area contributed by atoms with Gasteiger partial charge in [0.15, 0.2) is 0 Å². The van der Waals surface area contributed by atoms with Gasteiger partial charge >= 0.3 is 0 Å². The summed E-state index contributed by atoms with van der Waals surface area (Å²) in [7, 11) is 3.34. The Morgan fingerprint density at radius 3 is 2.03 bits per heavy atom. The summed E-state index contributed by atoms with van der Waals surface area (Å²) in [5, 5.41) is 3.03. The van der Waals surface area contributed by atoms with Crippen LogP contribution in [0.2, 0.25) is 0 Å². The fraction of sp³-hybridized carbons (Fsp3) is 0.370. The number of nitrogens with one attached hydrogen (secondary N) is 1. The highest BCUT2D eigenvalue weighted by atomic mass is 35.5. The highest BCUT2D eigenvalue weighted by molar-refractivity contribution is 7.98. The van der Waals surface area contributed by atoms with Gasteiger partial charge in [0.1, 0.15) is 11.5 Å². The summed E-state index contributed by atoms with van der Waals surface area (Å²) in [6.07, 6.45) is 7.65. The number of nitrogens with zero attached hydrogens (tertiary/aromatic N) is 1. The Morgan fingerprint density at radius 2 is 1.49 bits per heavy atom. The Bertz CT molecular complexity index is 906. The van der Waals surface area contributed by atoms with Gasteiger partial charge in [-0.2, -0.15) is 23.5 Å². The summed E-state index contributed by atoms with van der Waals surface area (Å²) in [5.74, 6) is 5.84. The fourth-order valence-electron chi connectivity index (χ4n) is 3.02. The van der Waals surface area contributed by atoms with Crippen LogP contribution in [0.15, 0.2) is 73.0 Å². The van der Waals surface area contributed by atoms with Crippen LogP contribution in [-0.4, -0.2) is 62.0 Å². The summed E-state index contributed by atoms with van der Waals surface area (Å²) in [4.78, 5) is 14.5. The van der Waals surface area contributed by atoms with Gasteiger partial charge in [0.25, 0.3) is 0 Å². The van der Waals surface area contributed by atoms with E-state index in [1.807, 2.05) is 65.4 Å². The van der Waals surface area contributed by atoms with Crippen LogP contribution in [0.1, 0.15) is 11.1 Å². The van der Waals surface area contributed by atoms with E-state index in [-0.39, 0.29) is 5.91 Å². The van der Waals surface area contributed by atoms with Crippen LogP contribution in [0.4, 0.5) is 0 Å². The lowest BCUT2D eigenvalue weighted by molar-refractivity contribution is -0.121. The van der Waals surface area contributed by atoms with Gasteiger partial charge in [-0.25, -0.2) is 0 Å². The molecule has 0 atom stereocenters. The van der Waals surface area contributed by atoms with E-state index in [9.17, 15) is 4.79 Å². The quantitative estimate of drug-likeness (QED) is 0.162. The number of amides is 1. The summed E-state index contributed by atoms with van der Waals surface area (Å²) in [5.41, 5.74) is 2.50. The maximum Gasteiger partial charge on any atom is 0.239 e. The zero-order valence-corrected chi connectivity index (χ0v) is 22.8. The lowest BCUT2D eigenvalue weighted by Crippen LogP contribution is -2.36. The Kier molecular flexibility index (Phi) is 15.0. The maximum atomic E-state index is 12.5. The van der Waals surface area contributed by atoms with Gasteiger partial charge in [-0.15, -0.1) is 11.6 Å². The van der Waals surface area contributed by atoms with Crippen molar-refractivity contribution in [3.05, 3.63) is 84.1 Å². The van der Waals surface area contributed by atoms with Gasteiger partial charge in [-0.05, 0) is 47.7 Å². The van der Waals surface area contributed by atoms with Gasteiger partial charge in [0, 0.05) is 42.0 Å². The van der Waals surface area contributed by atoms with Crippen molar-refractivity contribution in [3.8, 4) is 11.5 Å². The molecule has 1 amide bonds. The molecule has 2 aromatic rings. The zero-order chi connectivity index (χ0) is 25.1. The smallest absolute Gasteiger partial charge is 0.239 e. The molecule has 0 aromatic heterocycles. The highest BCUT2D eigenvalue weighted by Crippen LogP contribution is 2.17. The molecular weight excluding hydrogens is 500 g/mol. The van der Waals surface area contributed by atoms with Crippen LogP contribution >= 0.6 is 35.1 Å². The third-order valence-corrected chi connectivity index (χ3v) is 7.14. The van der Waals surface area contributed by atoms with Gasteiger partial charge in [-0.3, -0.25) is 4.79 Å². The number of carbonyl (C=O) groups excluding carboxylic acids is 1. The molecule has 0 saturated carbocycles. The molecule has 8 heteroatoms. The first kappa shape index (κ1) is 29.0. The van der Waals surface area contributed by atoms with Crippen molar-refractivity contribution >= 4 is 41.0 Å². The molecule has 0 heterocycles. The van der Waals surface area contributed by atoms with Crippen LogP contribution < -0.4 is 14.8 Å². The van der Waals surface area contributed by atoms with E-state index >= 15 is 0 Å². The molecule has 0 aliphatic carbocycles. The van der Waals surface area contributed by atoms with Crippen molar-refractivity contribution in [1.82, 2.24) is 10.2 Å². The largest absolute Gasteiger partial charge is 0.497 e. The number of methoxy groups -OCH3 is 2. The maximum absolute atomic E-state index is 12.5. The molecule has 2 aromatic carbocycles. The van der Waals surface area contributed by atoms with Crippen LogP contribution in [0, 0.1) is 0 Å². The number of thioether (sulfide) groups is 2. The Morgan fingerprint density at radius 1 is 0.914 bits per heavy atom. The highest BCUT2D eigenvalue weighted by Gasteiger charge is 2.07. The second-order valence-electron chi connectivity index (χ2n) is 7.55. The number of hydrogen-bond acceptors (Lipinski definition) is 6. The number of halogens is 1. The first-order valence-electron chi connectivity index (χ1n) is 11.5. The number of ether oxygens (including phenoxy) is 2. The summed E-state index contributed by atoms with van der Waals surface area (Å²) >= 11 is 9.35. The average Bonchev–Trinajstić information content (AvgIpc) is 2.89. The van der Waals surface area contributed by atoms with E-state index in [1.165, 1.54) is 11.1 Å². The molecule has 1 N–H and O–H groups in total. The number of alkyl halides is 1. The van der Waals surface area contributed by atoms with Crippen molar-refractivity contribution < 1.29 is 14.3 Å². The van der Waals surface area contributed by atoms with Gasteiger partial charge in [0.05, 0.1) is 20.8 Å². The second-order valence-corrected chi connectivity index (χ2v) is 10.1.